The molecule has 146 valence electrons. The van der Waals surface area contributed by atoms with Crippen molar-refractivity contribution in [3.05, 3.63) is 46.8 Å². The third-order valence-corrected chi connectivity index (χ3v) is 6.12. The zero-order chi connectivity index (χ0) is 20.3. The lowest BCUT2D eigenvalue weighted by molar-refractivity contribution is 0.101. The van der Waals surface area contributed by atoms with Gasteiger partial charge in [-0.1, -0.05) is 35.2 Å². The molecular weight excluding hydrogens is 396 g/mol. The van der Waals surface area contributed by atoms with Crippen LogP contribution in [0.4, 0.5) is 10.8 Å². The van der Waals surface area contributed by atoms with Crippen LogP contribution in [0.15, 0.2) is 28.6 Å². The molecule has 0 spiro atoms. The van der Waals surface area contributed by atoms with Crippen LogP contribution in [0, 0.1) is 13.8 Å². The number of carbonyl (C=O) groups is 2. The van der Waals surface area contributed by atoms with Gasteiger partial charge in [-0.15, -0.1) is 10.2 Å². The number of aromatic amines is 1. The Morgan fingerprint density at radius 2 is 2.00 bits per heavy atom. The molecule has 0 fully saturated rings. The second-order valence-electron chi connectivity index (χ2n) is 6.09. The summed E-state index contributed by atoms with van der Waals surface area (Å²) >= 11 is 2.68. The van der Waals surface area contributed by atoms with Crippen LogP contribution in [-0.2, 0) is 0 Å². The first-order valence-electron chi connectivity index (χ1n) is 8.50. The summed E-state index contributed by atoms with van der Waals surface area (Å²) in [5, 5.41) is 12.0. The van der Waals surface area contributed by atoms with Crippen LogP contribution >= 0.6 is 23.1 Å². The topological polar surface area (TPSA) is 97.0 Å². The molecule has 2 N–H and O–H groups in total. The average molecular weight is 417 g/mol. The molecule has 0 aliphatic rings. The fraction of sp³-hybridized carbons (Fsp3) is 0.263. The molecule has 28 heavy (non-hydrogen) atoms. The molecule has 2 aromatic heterocycles. The van der Waals surface area contributed by atoms with Crippen LogP contribution in [-0.4, -0.2) is 39.6 Å². The molecule has 0 radical (unpaired) electrons. The molecule has 0 unspecified atom stereocenters. The number of aromatic nitrogens is 3. The van der Waals surface area contributed by atoms with Crippen LogP contribution in [0.3, 0.4) is 0 Å². The Balaban J connectivity index is 1.65. The number of methoxy groups -OCH3 is 1. The smallest absolute Gasteiger partial charge is 0.210 e. The van der Waals surface area contributed by atoms with Gasteiger partial charge in [0.1, 0.15) is 5.75 Å². The maximum atomic E-state index is 12.6. The molecule has 2 heterocycles. The van der Waals surface area contributed by atoms with Crippen molar-refractivity contribution in [2.24, 2.45) is 0 Å². The van der Waals surface area contributed by atoms with Crippen molar-refractivity contribution in [2.45, 2.75) is 25.1 Å². The highest BCUT2D eigenvalue weighted by atomic mass is 32.2. The molecular formula is C19H20N4O3S2. The van der Waals surface area contributed by atoms with E-state index in [1.54, 1.807) is 21.0 Å². The number of ether oxygens (including phenoxy) is 1. The van der Waals surface area contributed by atoms with E-state index in [9.17, 15) is 9.59 Å². The predicted molar refractivity (Wildman–Crippen MR) is 112 cm³/mol. The molecule has 1 aromatic carbocycles. The van der Waals surface area contributed by atoms with Gasteiger partial charge in [0.15, 0.2) is 15.9 Å². The molecule has 0 bridgehead atoms. The Morgan fingerprint density at radius 1 is 1.25 bits per heavy atom. The highest BCUT2D eigenvalue weighted by Gasteiger charge is 2.20. The monoisotopic (exact) mass is 416 g/mol. The van der Waals surface area contributed by atoms with Gasteiger partial charge in [0.2, 0.25) is 5.13 Å². The van der Waals surface area contributed by atoms with Gasteiger partial charge >= 0.3 is 0 Å². The standard InChI is InChI=1S/C19H20N4O3S2/c1-10-16(12(3)24)11(2)20-17(10)14(25)9-27-19-23-22-18(28-19)21-13-7-5-6-8-15(13)26-4/h5-8,20H,9H2,1-4H3,(H,21,22). The minimum atomic E-state index is -0.0764. The van der Waals surface area contributed by atoms with E-state index in [4.69, 9.17) is 4.74 Å². The number of Topliss-reactive ketones (excluding diaryl/α,β-unsaturated/α-hetero) is 2. The minimum Gasteiger partial charge on any atom is -0.495 e. The second kappa shape index (κ2) is 8.57. The SMILES string of the molecule is COc1ccccc1Nc1nnc(SCC(=O)c2[nH]c(C)c(C(C)=O)c2C)s1. The number of hydrogen-bond acceptors (Lipinski definition) is 8. The maximum absolute atomic E-state index is 12.6. The molecule has 0 saturated heterocycles. The molecule has 0 atom stereocenters. The number of rotatable bonds is 8. The number of nitrogens with one attached hydrogen (secondary N) is 2. The Labute approximate surface area is 170 Å². The van der Waals surface area contributed by atoms with Crippen LogP contribution in [0.5, 0.6) is 5.75 Å². The van der Waals surface area contributed by atoms with Crippen LogP contribution in [0.2, 0.25) is 0 Å². The van der Waals surface area contributed by atoms with Crippen molar-refractivity contribution in [1.82, 2.24) is 15.2 Å². The van der Waals surface area contributed by atoms with E-state index in [-0.39, 0.29) is 17.3 Å². The summed E-state index contributed by atoms with van der Waals surface area (Å²) in [7, 11) is 1.61. The van der Waals surface area contributed by atoms with Gasteiger partial charge in [-0.3, -0.25) is 9.59 Å². The highest BCUT2D eigenvalue weighted by molar-refractivity contribution is 8.01. The lowest BCUT2D eigenvalue weighted by Crippen LogP contribution is -2.05. The third kappa shape index (κ3) is 4.26. The molecule has 0 amide bonds. The second-order valence-corrected chi connectivity index (χ2v) is 8.29. The van der Waals surface area contributed by atoms with Crippen LogP contribution in [0.25, 0.3) is 0 Å². The average Bonchev–Trinajstić information content (AvgIpc) is 3.23. The van der Waals surface area contributed by atoms with E-state index < -0.39 is 0 Å². The zero-order valence-corrected chi connectivity index (χ0v) is 17.6. The first-order valence-corrected chi connectivity index (χ1v) is 10.3. The van der Waals surface area contributed by atoms with Crippen LogP contribution < -0.4 is 10.1 Å². The molecule has 3 rings (SSSR count). The van der Waals surface area contributed by atoms with Gasteiger partial charge in [0, 0.05) is 11.3 Å². The fourth-order valence-corrected chi connectivity index (χ4v) is 4.57. The number of benzene rings is 1. The summed E-state index contributed by atoms with van der Waals surface area (Å²) in [4.78, 5) is 27.3. The van der Waals surface area contributed by atoms with Crippen LogP contribution in [0.1, 0.15) is 39.0 Å². The predicted octanol–water partition coefficient (Wildman–Crippen LogP) is 4.41. The number of hydrogen-bond donors (Lipinski definition) is 2. The molecule has 0 saturated carbocycles. The van der Waals surface area contributed by atoms with Crippen molar-refractivity contribution in [3.63, 3.8) is 0 Å². The van der Waals surface area contributed by atoms with E-state index >= 15 is 0 Å². The number of para-hydroxylation sites is 2. The van der Waals surface area contributed by atoms with Gasteiger partial charge in [-0.25, -0.2) is 0 Å². The summed E-state index contributed by atoms with van der Waals surface area (Å²) < 4.78 is 5.99. The summed E-state index contributed by atoms with van der Waals surface area (Å²) in [5.41, 5.74) is 3.28. The Kier molecular flexibility index (Phi) is 6.15. The Bertz CT molecular complexity index is 1030. The third-order valence-electron chi connectivity index (χ3n) is 4.15. The zero-order valence-electron chi connectivity index (χ0n) is 16.0. The molecule has 0 aliphatic heterocycles. The minimum absolute atomic E-state index is 0.0471. The van der Waals surface area contributed by atoms with Gasteiger partial charge in [-0.2, -0.15) is 0 Å². The Morgan fingerprint density at radius 3 is 2.68 bits per heavy atom. The van der Waals surface area contributed by atoms with Crippen molar-refractivity contribution in [2.75, 3.05) is 18.2 Å². The molecule has 0 aliphatic carbocycles. The number of ketones is 2. The van der Waals surface area contributed by atoms with Gasteiger partial charge < -0.3 is 15.0 Å². The summed E-state index contributed by atoms with van der Waals surface area (Å²) in [6.07, 6.45) is 0. The van der Waals surface area contributed by atoms with Crippen molar-refractivity contribution in [1.29, 1.82) is 0 Å². The molecule has 7 nitrogen and oxygen atoms in total. The van der Waals surface area contributed by atoms with E-state index in [0.29, 0.717) is 32.0 Å². The number of nitrogens with zero attached hydrogens (tertiary/aromatic N) is 2. The lowest BCUT2D eigenvalue weighted by Gasteiger charge is -2.07. The summed E-state index contributed by atoms with van der Waals surface area (Å²) in [6, 6.07) is 7.53. The fourth-order valence-electron chi connectivity index (χ4n) is 2.94. The summed E-state index contributed by atoms with van der Waals surface area (Å²) in [5.74, 6) is 0.796. The first kappa shape index (κ1) is 20.1. The van der Waals surface area contributed by atoms with Gasteiger partial charge in [-0.05, 0) is 38.5 Å². The number of carbonyl (C=O) groups excluding carboxylic acids is 2. The molecule has 9 heteroatoms. The van der Waals surface area contributed by atoms with Crippen molar-refractivity contribution < 1.29 is 14.3 Å². The van der Waals surface area contributed by atoms with E-state index in [1.165, 1.54) is 30.0 Å². The van der Waals surface area contributed by atoms with E-state index in [1.807, 2.05) is 24.3 Å². The Hall–Kier alpha value is -2.65. The van der Waals surface area contributed by atoms with Crippen molar-refractivity contribution >= 4 is 45.5 Å². The summed E-state index contributed by atoms with van der Waals surface area (Å²) in [6.45, 7) is 5.09. The van der Waals surface area contributed by atoms with Gasteiger partial charge in [0.25, 0.3) is 0 Å². The first-order chi connectivity index (χ1) is 13.4. The molecule has 3 aromatic rings. The normalized spacial score (nSPS) is 10.7. The van der Waals surface area contributed by atoms with E-state index in [2.05, 4.69) is 20.5 Å². The van der Waals surface area contributed by atoms with Crippen molar-refractivity contribution in [3.8, 4) is 5.75 Å². The largest absolute Gasteiger partial charge is 0.495 e. The number of anilines is 2. The number of aryl methyl sites for hydroxylation is 1. The van der Waals surface area contributed by atoms with E-state index in [0.717, 1.165) is 11.4 Å². The highest BCUT2D eigenvalue weighted by Crippen LogP contribution is 2.32. The number of thioether (sulfide) groups is 1. The maximum Gasteiger partial charge on any atom is 0.210 e. The quantitative estimate of drug-likeness (QED) is 0.414. The number of H-pyrrole nitrogens is 1. The van der Waals surface area contributed by atoms with Gasteiger partial charge in [0.05, 0.1) is 24.2 Å². The lowest BCUT2D eigenvalue weighted by atomic mass is 10.1.